The van der Waals surface area contributed by atoms with Gasteiger partial charge in [0.25, 0.3) is 0 Å². The van der Waals surface area contributed by atoms with Gasteiger partial charge in [0.15, 0.2) is 6.10 Å². The molecule has 0 aromatic rings. The molecule has 21 heavy (non-hydrogen) atoms. The van der Waals surface area contributed by atoms with Crippen molar-refractivity contribution in [1.29, 1.82) is 0 Å². The highest BCUT2D eigenvalue weighted by Crippen LogP contribution is 2.05. The Bertz CT molecular complexity index is 410. The molecule has 0 aromatic carbocycles. The molecule has 3 amide bonds. The van der Waals surface area contributed by atoms with Gasteiger partial charge >= 0.3 is 12.0 Å². The Kier molecular flexibility index (Phi) is 5.34. The molecular formula is C12H20N4O5. The Morgan fingerprint density at radius 1 is 1.19 bits per heavy atom. The minimum Gasteiger partial charge on any atom is -0.479 e. The lowest BCUT2D eigenvalue weighted by Gasteiger charge is -2.31. The molecule has 2 aliphatic heterocycles. The number of hydrogen-bond acceptors (Lipinski definition) is 5. The van der Waals surface area contributed by atoms with Gasteiger partial charge in [-0.05, 0) is 0 Å². The van der Waals surface area contributed by atoms with Crippen molar-refractivity contribution in [3.63, 3.8) is 0 Å². The molecule has 0 aromatic heterocycles. The molecule has 118 valence electrons. The number of nitrogens with zero attached hydrogens (tertiary/aromatic N) is 2. The highest BCUT2D eigenvalue weighted by Gasteiger charge is 2.29. The van der Waals surface area contributed by atoms with Gasteiger partial charge < -0.3 is 30.3 Å². The number of aliphatic carboxylic acids is 1. The van der Waals surface area contributed by atoms with Gasteiger partial charge in [0.2, 0.25) is 5.91 Å². The van der Waals surface area contributed by atoms with Gasteiger partial charge in [-0.25, -0.2) is 9.59 Å². The van der Waals surface area contributed by atoms with Crippen molar-refractivity contribution in [1.82, 2.24) is 20.4 Å². The Balaban J connectivity index is 1.75. The lowest BCUT2D eigenvalue weighted by molar-refractivity contribution is -0.154. The van der Waals surface area contributed by atoms with Crippen molar-refractivity contribution in [3.05, 3.63) is 0 Å². The largest absolute Gasteiger partial charge is 0.479 e. The molecule has 2 saturated heterocycles. The first-order valence-electron chi connectivity index (χ1n) is 6.93. The maximum atomic E-state index is 11.9. The first-order chi connectivity index (χ1) is 10.1. The summed E-state index contributed by atoms with van der Waals surface area (Å²) in [6, 6.07) is -0.437. The summed E-state index contributed by atoms with van der Waals surface area (Å²) in [5, 5.41) is 14.6. The van der Waals surface area contributed by atoms with Crippen LogP contribution in [-0.2, 0) is 14.3 Å². The molecule has 0 aliphatic carbocycles. The number of carboxylic acids is 1. The average molecular weight is 300 g/mol. The van der Waals surface area contributed by atoms with E-state index in [4.69, 9.17) is 9.84 Å². The molecular weight excluding hydrogens is 280 g/mol. The van der Waals surface area contributed by atoms with Crippen LogP contribution in [0, 0.1) is 0 Å². The zero-order valence-corrected chi connectivity index (χ0v) is 11.7. The molecule has 1 unspecified atom stereocenters. The minimum absolute atomic E-state index is 0.0109. The number of ether oxygens (including phenoxy) is 1. The lowest BCUT2D eigenvalue weighted by atomic mass is 10.3. The predicted molar refractivity (Wildman–Crippen MR) is 71.8 cm³/mol. The number of piperazine rings is 1. The smallest absolute Gasteiger partial charge is 0.334 e. The van der Waals surface area contributed by atoms with Crippen LogP contribution in [0.15, 0.2) is 0 Å². The molecule has 2 fully saturated rings. The molecule has 0 spiro atoms. The SMILES string of the molecule is O=C(O)C1CN(C(=O)NCC(=O)N2CCNCC2)CCO1. The molecule has 9 nitrogen and oxygen atoms in total. The molecule has 0 bridgehead atoms. The summed E-state index contributed by atoms with van der Waals surface area (Å²) in [5.74, 6) is -1.22. The number of urea groups is 1. The van der Waals surface area contributed by atoms with Crippen LogP contribution in [0.5, 0.6) is 0 Å². The van der Waals surface area contributed by atoms with Crippen molar-refractivity contribution in [2.24, 2.45) is 0 Å². The van der Waals surface area contributed by atoms with Gasteiger partial charge in [0.1, 0.15) is 0 Å². The summed E-state index contributed by atoms with van der Waals surface area (Å²) < 4.78 is 5.04. The maximum absolute atomic E-state index is 11.9. The first-order valence-corrected chi connectivity index (χ1v) is 6.93. The first kappa shape index (κ1) is 15.5. The van der Waals surface area contributed by atoms with Crippen molar-refractivity contribution in [3.8, 4) is 0 Å². The van der Waals surface area contributed by atoms with Crippen molar-refractivity contribution in [2.75, 3.05) is 52.4 Å². The van der Waals surface area contributed by atoms with E-state index in [0.717, 1.165) is 13.1 Å². The van der Waals surface area contributed by atoms with Crippen molar-refractivity contribution < 1.29 is 24.2 Å². The molecule has 2 aliphatic rings. The molecule has 2 rings (SSSR count). The lowest BCUT2D eigenvalue weighted by Crippen LogP contribution is -2.54. The Hall–Kier alpha value is -1.87. The molecule has 0 radical (unpaired) electrons. The summed E-state index contributed by atoms with van der Waals surface area (Å²) in [6.07, 6.45) is -1.01. The highest BCUT2D eigenvalue weighted by atomic mass is 16.5. The Morgan fingerprint density at radius 3 is 2.57 bits per heavy atom. The molecule has 9 heteroatoms. The number of carbonyl (C=O) groups excluding carboxylic acids is 2. The third-order valence-corrected chi connectivity index (χ3v) is 3.49. The monoisotopic (exact) mass is 300 g/mol. The molecule has 2 heterocycles. The second-order valence-electron chi connectivity index (χ2n) is 4.93. The number of carbonyl (C=O) groups is 3. The Labute approximate surface area is 122 Å². The van der Waals surface area contributed by atoms with E-state index in [1.807, 2.05) is 0 Å². The van der Waals surface area contributed by atoms with E-state index in [1.165, 1.54) is 4.90 Å². The van der Waals surface area contributed by atoms with E-state index in [-0.39, 0.29) is 25.6 Å². The van der Waals surface area contributed by atoms with Gasteiger partial charge in [-0.3, -0.25) is 4.79 Å². The van der Waals surface area contributed by atoms with Gasteiger partial charge in [0.05, 0.1) is 19.7 Å². The normalized spacial score (nSPS) is 22.8. The summed E-state index contributed by atoms with van der Waals surface area (Å²) >= 11 is 0. The quantitative estimate of drug-likeness (QED) is 0.551. The highest BCUT2D eigenvalue weighted by molar-refractivity contribution is 5.84. The summed E-state index contributed by atoms with van der Waals surface area (Å²) in [5.41, 5.74) is 0. The number of morpholine rings is 1. The summed E-state index contributed by atoms with van der Waals surface area (Å²) in [4.78, 5) is 37.7. The van der Waals surface area contributed by atoms with Gasteiger partial charge in [-0.15, -0.1) is 0 Å². The summed E-state index contributed by atoms with van der Waals surface area (Å²) in [7, 11) is 0. The van der Waals surface area contributed by atoms with Gasteiger partial charge in [-0.1, -0.05) is 0 Å². The molecule has 3 N–H and O–H groups in total. The molecule has 0 saturated carbocycles. The fourth-order valence-electron chi connectivity index (χ4n) is 2.27. The van der Waals surface area contributed by atoms with Crippen LogP contribution in [0.4, 0.5) is 4.79 Å². The van der Waals surface area contributed by atoms with Crippen LogP contribution >= 0.6 is 0 Å². The van der Waals surface area contributed by atoms with E-state index in [9.17, 15) is 14.4 Å². The van der Waals surface area contributed by atoms with Crippen LogP contribution in [0.2, 0.25) is 0 Å². The number of rotatable bonds is 3. The zero-order valence-electron chi connectivity index (χ0n) is 11.7. The van der Waals surface area contributed by atoms with Crippen molar-refractivity contribution >= 4 is 17.9 Å². The van der Waals surface area contributed by atoms with E-state index in [2.05, 4.69) is 10.6 Å². The van der Waals surface area contributed by atoms with E-state index >= 15 is 0 Å². The third kappa shape index (κ3) is 4.30. The minimum atomic E-state index is -1.09. The van der Waals surface area contributed by atoms with Crippen LogP contribution in [0.1, 0.15) is 0 Å². The number of carboxylic acid groups (broad SMARTS) is 1. The third-order valence-electron chi connectivity index (χ3n) is 3.49. The topological polar surface area (TPSA) is 111 Å². The van der Waals surface area contributed by atoms with E-state index in [1.54, 1.807) is 4.90 Å². The second-order valence-corrected chi connectivity index (χ2v) is 4.93. The number of hydrogen-bond donors (Lipinski definition) is 3. The summed E-state index contributed by atoms with van der Waals surface area (Å²) in [6.45, 7) is 3.18. The molecule has 1 atom stereocenters. The zero-order chi connectivity index (χ0) is 15.2. The van der Waals surface area contributed by atoms with E-state index in [0.29, 0.717) is 19.6 Å². The Morgan fingerprint density at radius 2 is 1.90 bits per heavy atom. The predicted octanol–water partition coefficient (Wildman–Crippen LogP) is -2.09. The number of nitrogens with one attached hydrogen (secondary N) is 2. The van der Waals surface area contributed by atoms with Crippen LogP contribution in [0.25, 0.3) is 0 Å². The average Bonchev–Trinajstić information content (AvgIpc) is 2.53. The fourth-order valence-corrected chi connectivity index (χ4v) is 2.27. The van der Waals surface area contributed by atoms with Crippen LogP contribution in [-0.4, -0.2) is 91.3 Å². The van der Waals surface area contributed by atoms with Crippen molar-refractivity contribution in [2.45, 2.75) is 6.10 Å². The van der Waals surface area contributed by atoms with Gasteiger partial charge in [0, 0.05) is 32.7 Å². The van der Waals surface area contributed by atoms with E-state index < -0.39 is 18.1 Å². The second kappa shape index (κ2) is 7.23. The van der Waals surface area contributed by atoms with Crippen LogP contribution < -0.4 is 10.6 Å². The standard InChI is InChI=1S/C12H20N4O5/c17-10(15-3-1-13-2-4-15)7-14-12(20)16-5-6-21-9(8-16)11(18)19/h9,13H,1-8H2,(H,14,20)(H,18,19). The van der Waals surface area contributed by atoms with Gasteiger partial charge in [-0.2, -0.15) is 0 Å². The fraction of sp³-hybridized carbons (Fsp3) is 0.750. The van der Waals surface area contributed by atoms with Crippen LogP contribution in [0.3, 0.4) is 0 Å². The maximum Gasteiger partial charge on any atom is 0.334 e. The number of amides is 3.